The molecule has 0 saturated carbocycles. The largest absolute Gasteiger partial charge is 0.493 e. The van der Waals surface area contributed by atoms with Crippen molar-refractivity contribution >= 4 is 35.3 Å². The van der Waals surface area contributed by atoms with Gasteiger partial charge in [-0.25, -0.2) is 5.43 Å². The SMILES string of the molecule is COc1cc(/C=N\NC(=O)C(=O)Nc2c(C)cccc2C)ccc1OCC(=O)Nc1c(C)cc(C)cc1C. The van der Waals surface area contributed by atoms with Crippen molar-refractivity contribution in [2.45, 2.75) is 34.6 Å². The first kappa shape index (κ1) is 27.9. The molecule has 0 unspecified atom stereocenters. The number of rotatable bonds is 8. The molecule has 0 aromatic heterocycles. The van der Waals surface area contributed by atoms with Gasteiger partial charge in [-0.1, -0.05) is 35.9 Å². The maximum Gasteiger partial charge on any atom is 0.329 e. The van der Waals surface area contributed by atoms with Crippen LogP contribution >= 0.6 is 0 Å². The number of carbonyl (C=O) groups is 3. The summed E-state index contributed by atoms with van der Waals surface area (Å²) < 4.78 is 11.0. The first-order valence-corrected chi connectivity index (χ1v) is 12.0. The number of hydrogen-bond acceptors (Lipinski definition) is 6. The second-order valence-corrected chi connectivity index (χ2v) is 8.94. The molecule has 198 valence electrons. The molecule has 3 amide bonds. The third-order valence-corrected chi connectivity index (χ3v) is 5.79. The quantitative estimate of drug-likeness (QED) is 0.234. The van der Waals surface area contributed by atoms with Gasteiger partial charge in [0.2, 0.25) is 0 Å². The topological polar surface area (TPSA) is 118 Å². The fourth-order valence-corrected chi connectivity index (χ4v) is 3.98. The van der Waals surface area contributed by atoms with Crippen molar-refractivity contribution in [1.82, 2.24) is 5.43 Å². The Morgan fingerprint density at radius 3 is 2.05 bits per heavy atom. The lowest BCUT2D eigenvalue weighted by atomic mass is 10.1. The number of benzene rings is 3. The molecule has 9 heteroatoms. The number of aryl methyl sites for hydroxylation is 5. The Hall–Kier alpha value is -4.66. The van der Waals surface area contributed by atoms with E-state index in [2.05, 4.69) is 21.2 Å². The average Bonchev–Trinajstić information content (AvgIpc) is 2.87. The number of methoxy groups -OCH3 is 1. The monoisotopic (exact) mass is 516 g/mol. The summed E-state index contributed by atoms with van der Waals surface area (Å²) in [5, 5.41) is 9.35. The standard InChI is InChI=1S/C29H32N4O5/c1-17-12-20(4)27(21(5)13-17)31-25(34)16-38-23-11-10-22(14-24(23)37-6)15-30-33-29(36)28(35)32-26-18(2)8-7-9-19(26)3/h7-15H,16H2,1-6H3,(H,31,34)(H,32,35)(H,33,36)/b30-15-. The number of hydrazone groups is 1. The summed E-state index contributed by atoms with van der Waals surface area (Å²) in [6.45, 7) is 9.38. The normalized spacial score (nSPS) is 10.7. The van der Waals surface area contributed by atoms with Gasteiger partial charge in [0, 0.05) is 11.4 Å². The Balaban J connectivity index is 1.57. The van der Waals surface area contributed by atoms with Gasteiger partial charge in [-0.05, 0) is 80.6 Å². The molecule has 0 aliphatic carbocycles. The molecule has 0 aliphatic rings. The van der Waals surface area contributed by atoms with Gasteiger partial charge in [0.15, 0.2) is 18.1 Å². The zero-order valence-corrected chi connectivity index (χ0v) is 22.4. The van der Waals surface area contributed by atoms with E-state index in [-0.39, 0.29) is 12.5 Å². The first-order chi connectivity index (χ1) is 18.1. The van der Waals surface area contributed by atoms with Crippen molar-refractivity contribution in [2.75, 3.05) is 24.4 Å². The van der Waals surface area contributed by atoms with Crippen LogP contribution in [0.3, 0.4) is 0 Å². The van der Waals surface area contributed by atoms with Crippen LogP contribution in [0.5, 0.6) is 11.5 Å². The molecule has 0 spiro atoms. The molecule has 3 aromatic rings. The van der Waals surface area contributed by atoms with Gasteiger partial charge >= 0.3 is 11.8 Å². The Morgan fingerprint density at radius 1 is 0.789 bits per heavy atom. The molecule has 38 heavy (non-hydrogen) atoms. The Labute approximate surface area is 222 Å². The highest BCUT2D eigenvalue weighted by atomic mass is 16.5. The van der Waals surface area contributed by atoms with Gasteiger partial charge in [-0.3, -0.25) is 14.4 Å². The molecule has 3 aromatic carbocycles. The van der Waals surface area contributed by atoms with E-state index in [1.165, 1.54) is 13.3 Å². The first-order valence-electron chi connectivity index (χ1n) is 12.0. The maximum absolute atomic E-state index is 12.5. The molecular formula is C29H32N4O5. The maximum atomic E-state index is 12.5. The summed E-state index contributed by atoms with van der Waals surface area (Å²) >= 11 is 0. The van der Waals surface area contributed by atoms with Gasteiger partial charge in [0.1, 0.15) is 0 Å². The minimum atomic E-state index is -0.902. The van der Waals surface area contributed by atoms with Gasteiger partial charge in [0.05, 0.1) is 13.3 Å². The number of carbonyl (C=O) groups excluding carboxylic acids is 3. The third-order valence-electron chi connectivity index (χ3n) is 5.79. The molecule has 0 saturated heterocycles. The van der Waals surface area contributed by atoms with Crippen LogP contribution in [0.15, 0.2) is 53.6 Å². The molecular weight excluding hydrogens is 484 g/mol. The number of para-hydroxylation sites is 1. The van der Waals surface area contributed by atoms with Crippen molar-refractivity contribution in [2.24, 2.45) is 5.10 Å². The number of hydrogen-bond donors (Lipinski definition) is 3. The molecule has 3 N–H and O–H groups in total. The molecule has 0 aliphatic heterocycles. The number of nitrogens with one attached hydrogen (secondary N) is 3. The summed E-state index contributed by atoms with van der Waals surface area (Å²) in [5.74, 6) is -1.27. The molecule has 0 heterocycles. The highest BCUT2D eigenvalue weighted by molar-refractivity contribution is 6.39. The average molecular weight is 517 g/mol. The fraction of sp³-hybridized carbons (Fsp3) is 0.241. The van der Waals surface area contributed by atoms with Crippen LogP contribution in [0.4, 0.5) is 11.4 Å². The van der Waals surface area contributed by atoms with E-state index in [1.807, 2.05) is 65.0 Å². The summed E-state index contributed by atoms with van der Waals surface area (Å²) in [7, 11) is 1.47. The lowest BCUT2D eigenvalue weighted by Gasteiger charge is -2.14. The van der Waals surface area contributed by atoms with Gasteiger partial charge in [-0.2, -0.15) is 5.10 Å². The lowest BCUT2D eigenvalue weighted by molar-refractivity contribution is -0.136. The zero-order valence-electron chi connectivity index (χ0n) is 22.4. The van der Waals surface area contributed by atoms with E-state index in [0.29, 0.717) is 22.7 Å². The second kappa shape index (κ2) is 12.5. The highest BCUT2D eigenvalue weighted by Gasteiger charge is 2.15. The number of ether oxygens (including phenoxy) is 2. The zero-order chi connectivity index (χ0) is 27.8. The van der Waals surface area contributed by atoms with Crippen molar-refractivity contribution in [1.29, 1.82) is 0 Å². The molecule has 0 bridgehead atoms. The number of nitrogens with zero attached hydrogens (tertiary/aromatic N) is 1. The molecule has 0 fully saturated rings. The molecule has 0 radical (unpaired) electrons. The lowest BCUT2D eigenvalue weighted by Crippen LogP contribution is -2.32. The molecule has 3 rings (SSSR count). The Morgan fingerprint density at radius 2 is 1.42 bits per heavy atom. The van der Waals surface area contributed by atoms with Gasteiger partial charge < -0.3 is 20.1 Å². The van der Waals surface area contributed by atoms with E-state index in [1.54, 1.807) is 18.2 Å². The summed E-state index contributed by atoms with van der Waals surface area (Å²) in [5.41, 5.74) is 8.94. The Kier molecular flexibility index (Phi) is 9.21. The van der Waals surface area contributed by atoms with Crippen molar-refractivity contribution in [3.63, 3.8) is 0 Å². The molecule has 9 nitrogen and oxygen atoms in total. The second-order valence-electron chi connectivity index (χ2n) is 8.94. The summed E-state index contributed by atoms with van der Waals surface area (Å²) in [6, 6.07) is 14.5. The van der Waals surface area contributed by atoms with Crippen LogP contribution in [0.2, 0.25) is 0 Å². The fourth-order valence-electron chi connectivity index (χ4n) is 3.98. The highest BCUT2D eigenvalue weighted by Crippen LogP contribution is 2.28. The minimum absolute atomic E-state index is 0.206. The third kappa shape index (κ3) is 7.19. The number of anilines is 2. The van der Waals surface area contributed by atoms with Crippen LogP contribution in [-0.4, -0.2) is 37.7 Å². The van der Waals surface area contributed by atoms with Crippen LogP contribution in [-0.2, 0) is 14.4 Å². The van der Waals surface area contributed by atoms with Crippen molar-refractivity contribution in [3.05, 3.63) is 81.9 Å². The van der Waals surface area contributed by atoms with Crippen LogP contribution in [0.1, 0.15) is 33.4 Å². The minimum Gasteiger partial charge on any atom is -0.493 e. The van der Waals surface area contributed by atoms with Gasteiger partial charge in [0.25, 0.3) is 5.91 Å². The van der Waals surface area contributed by atoms with E-state index in [4.69, 9.17) is 9.47 Å². The number of amides is 3. The van der Waals surface area contributed by atoms with Crippen molar-refractivity contribution < 1.29 is 23.9 Å². The van der Waals surface area contributed by atoms with Gasteiger partial charge in [-0.15, -0.1) is 0 Å². The van der Waals surface area contributed by atoms with E-state index >= 15 is 0 Å². The summed E-state index contributed by atoms with van der Waals surface area (Å²) in [6.07, 6.45) is 1.37. The van der Waals surface area contributed by atoms with Crippen LogP contribution in [0.25, 0.3) is 0 Å². The Bertz CT molecular complexity index is 1350. The van der Waals surface area contributed by atoms with Crippen LogP contribution < -0.4 is 25.5 Å². The summed E-state index contributed by atoms with van der Waals surface area (Å²) in [4.78, 5) is 36.9. The van der Waals surface area contributed by atoms with Crippen LogP contribution in [0, 0.1) is 34.6 Å². The predicted molar refractivity (Wildman–Crippen MR) is 148 cm³/mol. The predicted octanol–water partition coefficient (Wildman–Crippen LogP) is 4.34. The van der Waals surface area contributed by atoms with Crippen molar-refractivity contribution in [3.8, 4) is 11.5 Å². The van der Waals surface area contributed by atoms with E-state index < -0.39 is 11.8 Å². The van der Waals surface area contributed by atoms with E-state index in [9.17, 15) is 14.4 Å². The molecule has 0 atom stereocenters. The smallest absolute Gasteiger partial charge is 0.329 e. The van der Waals surface area contributed by atoms with E-state index in [0.717, 1.165) is 33.5 Å².